The molecule has 0 aliphatic rings. The van der Waals surface area contributed by atoms with E-state index in [1.165, 1.54) is 19.7 Å². The first kappa shape index (κ1) is 33.1. The van der Waals surface area contributed by atoms with Crippen molar-refractivity contribution in [2.24, 2.45) is 26.9 Å². The van der Waals surface area contributed by atoms with E-state index in [2.05, 4.69) is 53.8 Å². The van der Waals surface area contributed by atoms with Crippen molar-refractivity contribution in [1.82, 2.24) is 14.8 Å². The average molecular weight is 554 g/mol. The molecule has 3 rings (SSSR count). The van der Waals surface area contributed by atoms with Crippen LogP contribution in [0, 0.1) is 6.92 Å². The highest BCUT2D eigenvalue weighted by Crippen LogP contribution is 2.24. The number of carbonyl (C=O) groups is 1. The number of pyridine rings is 1. The maximum absolute atomic E-state index is 13.1. The predicted octanol–water partition coefficient (Wildman–Crippen LogP) is 4.18. The van der Waals surface area contributed by atoms with Gasteiger partial charge in [-0.05, 0) is 43.2 Å². The van der Waals surface area contributed by atoms with E-state index in [9.17, 15) is 9.90 Å². The van der Waals surface area contributed by atoms with E-state index >= 15 is 0 Å². The molecule has 0 saturated carbocycles. The van der Waals surface area contributed by atoms with Gasteiger partial charge in [0.2, 0.25) is 0 Å². The van der Waals surface area contributed by atoms with E-state index in [0.717, 1.165) is 16.7 Å². The fraction of sp³-hybridized carbons (Fsp3) is 0.333. The Morgan fingerprint density at radius 1 is 1.23 bits per heavy atom. The number of carbonyl (C=O) groups excluding carboxylic acids is 1. The SMILES string of the molecule is CCC.CN=N/C(=N\N)c1ccc(C)c(NC(=O)/C(=C/N)c2cc(-c3cnn(C[C@H](C)O)c3)ccn2)c1.CP. The van der Waals surface area contributed by atoms with Crippen LogP contribution in [0.3, 0.4) is 0 Å². The lowest BCUT2D eigenvalue weighted by atomic mass is 10.1. The number of amidine groups is 1. The van der Waals surface area contributed by atoms with E-state index in [4.69, 9.17) is 11.6 Å². The van der Waals surface area contributed by atoms with Crippen molar-refractivity contribution in [1.29, 1.82) is 0 Å². The Labute approximate surface area is 232 Å². The number of aliphatic hydroxyl groups excluding tert-OH is 1. The van der Waals surface area contributed by atoms with Gasteiger partial charge in [-0.3, -0.25) is 14.5 Å². The van der Waals surface area contributed by atoms with Gasteiger partial charge in [0.1, 0.15) is 0 Å². The number of hydrogen-bond donors (Lipinski definition) is 4. The summed E-state index contributed by atoms with van der Waals surface area (Å²) in [7, 11) is 3.93. The molecule has 12 heteroatoms. The smallest absolute Gasteiger partial charge is 0.259 e. The molecule has 39 heavy (non-hydrogen) atoms. The molecule has 0 aliphatic heterocycles. The summed E-state index contributed by atoms with van der Waals surface area (Å²) in [6.07, 6.45) is 7.05. The highest BCUT2D eigenvalue weighted by molar-refractivity contribution is 7.15. The van der Waals surface area contributed by atoms with Gasteiger partial charge in [0.05, 0.1) is 30.1 Å². The number of nitrogens with one attached hydrogen (secondary N) is 1. The fourth-order valence-corrected chi connectivity index (χ4v) is 3.26. The zero-order valence-corrected chi connectivity index (χ0v) is 24.6. The third kappa shape index (κ3) is 10.0. The van der Waals surface area contributed by atoms with E-state index in [0.29, 0.717) is 23.5 Å². The maximum Gasteiger partial charge on any atom is 0.259 e. The molecule has 1 aromatic carbocycles. The first-order chi connectivity index (χ1) is 18.8. The van der Waals surface area contributed by atoms with Crippen molar-refractivity contribution in [3.8, 4) is 11.1 Å². The van der Waals surface area contributed by atoms with Gasteiger partial charge >= 0.3 is 0 Å². The van der Waals surface area contributed by atoms with Crippen LogP contribution in [0.5, 0.6) is 0 Å². The minimum Gasteiger partial charge on any atom is -0.404 e. The number of anilines is 1. The van der Waals surface area contributed by atoms with E-state index in [1.54, 1.807) is 42.2 Å². The van der Waals surface area contributed by atoms with E-state index in [1.807, 2.05) is 31.9 Å². The number of amides is 1. The van der Waals surface area contributed by atoms with Crippen molar-refractivity contribution in [2.45, 2.75) is 46.8 Å². The van der Waals surface area contributed by atoms with Crippen LogP contribution < -0.4 is 16.9 Å². The number of aliphatic hydroxyl groups is 1. The summed E-state index contributed by atoms with van der Waals surface area (Å²) in [5.41, 5.74) is 10.0. The number of aromatic nitrogens is 3. The summed E-state index contributed by atoms with van der Waals surface area (Å²) >= 11 is 0. The summed E-state index contributed by atoms with van der Waals surface area (Å²) in [6.45, 7) is 10.1. The molecule has 0 radical (unpaired) electrons. The van der Waals surface area contributed by atoms with Crippen molar-refractivity contribution in [3.05, 3.63) is 71.9 Å². The Balaban J connectivity index is 0.00000142. The van der Waals surface area contributed by atoms with Gasteiger partial charge in [-0.15, -0.1) is 14.4 Å². The summed E-state index contributed by atoms with van der Waals surface area (Å²) in [5.74, 6) is 5.21. The van der Waals surface area contributed by atoms with Crippen LogP contribution >= 0.6 is 9.24 Å². The Morgan fingerprint density at radius 3 is 2.51 bits per heavy atom. The lowest BCUT2D eigenvalue weighted by Gasteiger charge is -2.12. The monoisotopic (exact) mass is 553 g/mol. The van der Waals surface area contributed by atoms with Gasteiger partial charge in [-0.1, -0.05) is 39.1 Å². The molecule has 1 unspecified atom stereocenters. The quantitative estimate of drug-likeness (QED) is 0.0650. The number of aryl methyl sites for hydroxylation is 1. The largest absolute Gasteiger partial charge is 0.404 e. The van der Waals surface area contributed by atoms with Crippen molar-refractivity contribution in [3.63, 3.8) is 0 Å². The third-order valence-corrected chi connectivity index (χ3v) is 4.93. The molecule has 0 aliphatic carbocycles. The second-order valence-corrected chi connectivity index (χ2v) is 8.25. The number of benzene rings is 1. The molecule has 210 valence electrons. The first-order valence-corrected chi connectivity index (χ1v) is 13.6. The van der Waals surface area contributed by atoms with Crippen LogP contribution in [0.4, 0.5) is 5.69 Å². The van der Waals surface area contributed by atoms with Gasteiger partial charge in [0.15, 0.2) is 5.84 Å². The minimum atomic E-state index is -0.518. The molecule has 2 aromatic heterocycles. The third-order valence-electron chi connectivity index (χ3n) is 4.93. The molecule has 2 heterocycles. The molecule has 0 saturated heterocycles. The Hall–Kier alpha value is -3.95. The number of hydrazone groups is 1. The molecule has 6 N–H and O–H groups in total. The van der Waals surface area contributed by atoms with E-state index in [-0.39, 0.29) is 11.4 Å². The van der Waals surface area contributed by atoms with Gasteiger partial charge < -0.3 is 22.0 Å². The molecule has 0 spiro atoms. The van der Waals surface area contributed by atoms with Crippen molar-refractivity contribution < 1.29 is 9.90 Å². The molecule has 3 aromatic rings. The highest BCUT2D eigenvalue weighted by Gasteiger charge is 2.17. The van der Waals surface area contributed by atoms with Gasteiger partial charge in [-0.2, -0.15) is 15.3 Å². The van der Waals surface area contributed by atoms with E-state index < -0.39 is 12.0 Å². The van der Waals surface area contributed by atoms with Crippen LogP contribution in [0.2, 0.25) is 0 Å². The van der Waals surface area contributed by atoms with Crippen LogP contribution in [-0.2, 0) is 11.3 Å². The van der Waals surface area contributed by atoms with Crippen molar-refractivity contribution >= 4 is 32.2 Å². The van der Waals surface area contributed by atoms with Crippen LogP contribution in [0.1, 0.15) is 44.0 Å². The van der Waals surface area contributed by atoms with Crippen molar-refractivity contribution in [2.75, 3.05) is 19.0 Å². The molecule has 0 fully saturated rings. The second kappa shape index (κ2) is 17.5. The Morgan fingerprint density at radius 2 is 1.92 bits per heavy atom. The molecule has 2 atom stereocenters. The molecule has 11 nitrogen and oxygen atoms in total. The molecule has 0 bridgehead atoms. The van der Waals surface area contributed by atoms with Crippen LogP contribution in [-0.4, -0.2) is 51.4 Å². The Kier molecular flexibility index (Phi) is 14.9. The lowest BCUT2D eigenvalue weighted by Crippen LogP contribution is -2.17. The number of rotatable bonds is 7. The van der Waals surface area contributed by atoms with Gasteiger partial charge in [0.25, 0.3) is 5.91 Å². The van der Waals surface area contributed by atoms with Gasteiger partial charge in [0, 0.05) is 42.5 Å². The first-order valence-electron chi connectivity index (χ1n) is 12.4. The van der Waals surface area contributed by atoms with Gasteiger partial charge in [-0.25, -0.2) is 0 Å². The Bertz CT molecular complexity index is 1280. The highest BCUT2D eigenvalue weighted by atomic mass is 31.0. The number of nitrogens with two attached hydrogens (primary N) is 2. The number of hydrogen-bond acceptors (Lipinski definition) is 8. The molecular weight excluding hydrogens is 513 g/mol. The second-order valence-electron chi connectivity index (χ2n) is 8.25. The summed E-state index contributed by atoms with van der Waals surface area (Å²) < 4.78 is 1.65. The fourth-order valence-electron chi connectivity index (χ4n) is 3.26. The lowest BCUT2D eigenvalue weighted by molar-refractivity contribution is -0.111. The summed E-state index contributed by atoms with van der Waals surface area (Å²) in [6, 6.07) is 8.88. The minimum absolute atomic E-state index is 0.198. The average Bonchev–Trinajstić information content (AvgIpc) is 3.39. The van der Waals surface area contributed by atoms with Crippen LogP contribution in [0.25, 0.3) is 16.7 Å². The summed E-state index contributed by atoms with van der Waals surface area (Å²) in [4.78, 5) is 17.4. The summed E-state index contributed by atoms with van der Waals surface area (Å²) in [5, 5.41) is 27.9. The predicted molar refractivity (Wildman–Crippen MR) is 162 cm³/mol. The number of azo groups is 1. The normalized spacial score (nSPS) is 12.2. The topological polar surface area (TPSA) is 169 Å². The number of nitrogens with zero attached hydrogens (tertiary/aromatic N) is 6. The maximum atomic E-state index is 13.1. The molecule has 1 amide bonds. The zero-order chi connectivity index (χ0) is 29.4. The standard InChI is InChI=1S/C23H27N9O2.C3H8.CH5P/c1-14-4-5-17(22(30-25)31-26-3)9-20(14)29-23(34)19(10-24)21-8-16(6-7-27-21)18-11-28-32(13-18)12-15(2)33;1-3-2;1-2/h4-11,13,15,33H,12,24-25H2,1-3H3,(H,29,34);3H2,1-2H3;2H2,1H3/b19-10+,30-22-,31-26?;;/t15-;;/m0../s1. The zero-order valence-electron chi connectivity index (χ0n) is 23.5. The van der Waals surface area contributed by atoms with Crippen LogP contribution in [0.15, 0.2) is 70.5 Å². The molecular formula is C27H40N9O2P.